The Morgan fingerprint density at radius 2 is 1.81 bits per heavy atom. The van der Waals surface area contributed by atoms with Crippen molar-refractivity contribution in [3.05, 3.63) is 41.5 Å². The molecule has 1 fully saturated rings. The summed E-state index contributed by atoms with van der Waals surface area (Å²) < 4.78 is 58.8. The Balaban J connectivity index is 1.65. The number of piperazine rings is 1. The molecule has 0 aliphatic carbocycles. The van der Waals surface area contributed by atoms with Crippen molar-refractivity contribution in [3.63, 3.8) is 0 Å². The molecule has 1 aliphatic heterocycles. The quantitative estimate of drug-likeness (QED) is 0.783. The van der Waals surface area contributed by atoms with Crippen LogP contribution in [-0.2, 0) is 22.0 Å². The molecule has 1 saturated heterocycles. The van der Waals surface area contributed by atoms with Gasteiger partial charge < -0.3 is 4.52 Å². The smallest absolute Gasteiger partial charge is 0.246 e. The third-order valence-electron chi connectivity index (χ3n) is 4.34. The molecular formula is C17H22F2N4O3S. The lowest BCUT2D eigenvalue weighted by atomic mass is 9.96. The minimum Gasteiger partial charge on any atom is -0.338 e. The van der Waals surface area contributed by atoms with Gasteiger partial charge in [0.25, 0.3) is 0 Å². The Labute approximate surface area is 157 Å². The van der Waals surface area contributed by atoms with Gasteiger partial charge in [-0.3, -0.25) is 4.90 Å². The van der Waals surface area contributed by atoms with Gasteiger partial charge in [0.15, 0.2) is 5.82 Å². The summed E-state index contributed by atoms with van der Waals surface area (Å²) in [5.41, 5.74) is -0.219. The fraction of sp³-hybridized carbons (Fsp3) is 0.529. The van der Waals surface area contributed by atoms with Gasteiger partial charge in [0.1, 0.15) is 16.5 Å². The molecule has 10 heteroatoms. The molecule has 0 radical (unpaired) electrons. The van der Waals surface area contributed by atoms with Crippen molar-refractivity contribution in [2.24, 2.45) is 0 Å². The first-order valence-corrected chi connectivity index (χ1v) is 10.0. The first kappa shape index (κ1) is 19.8. The Kier molecular flexibility index (Phi) is 5.33. The van der Waals surface area contributed by atoms with Crippen LogP contribution in [0.5, 0.6) is 0 Å². The lowest BCUT2D eigenvalue weighted by Crippen LogP contribution is -2.48. The summed E-state index contributed by atoms with van der Waals surface area (Å²) >= 11 is 0. The Morgan fingerprint density at radius 1 is 1.15 bits per heavy atom. The number of hydrogen-bond acceptors (Lipinski definition) is 6. The van der Waals surface area contributed by atoms with Crippen LogP contribution in [0.25, 0.3) is 0 Å². The minimum absolute atomic E-state index is 0.165. The lowest BCUT2D eigenvalue weighted by molar-refractivity contribution is 0.163. The molecule has 27 heavy (non-hydrogen) atoms. The molecule has 0 N–H and O–H groups in total. The maximum absolute atomic E-state index is 13.9. The third kappa shape index (κ3) is 4.33. The predicted octanol–water partition coefficient (Wildman–Crippen LogP) is 2.15. The molecule has 0 atom stereocenters. The van der Waals surface area contributed by atoms with Crippen LogP contribution in [0, 0.1) is 11.6 Å². The van der Waals surface area contributed by atoms with E-state index in [9.17, 15) is 17.2 Å². The number of aromatic nitrogens is 2. The molecular weight excluding hydrogens is 378 g/mol. The highest BCUT2D eigenvalue weighted by atomic mass is 32.2. The lowest BCUT2D eigenvalue weighted by Gasteiger charge is -2.33. The van der Waals surface area contributed by atoms with E-state index in [1.54, 1.807) is 0 Å². The predicted molar refractivity (Wildman–Crippen MR) is 93.4 cm³/mol. The van der Waals surface area contributed by atoms with E-state index in [2.05, 4.69) is 10.1 Å². The van der Waals surface area contributed by atoms with E-state index in [0.717, 1.165) is 16.4 Å². The molecule has 1 aromatic carbocycles. The fourth-order valence-corrected chi connectivity index (χ4v) is 4.26. The third-order valence-corrected chi connectivity index (χ3v) is 6.25. The Bertz CT molecular complexity index is 917. The van der Waals surface area contributed by atoms with Gasteiger partial charge in [0, 0.05) is 31.6 Å². The highest BCUT2D eigenvalue weighted by Gasteiger charge is 2.31. The number of hydrogen-bond donors (Lipinski definition) is 0. The normalized spacial score (nSPS) is 17.4. The van der Waals surface area contributed by atoms with E-state index < -0.39 is 26.6 Å². The van der Waals surface area contributed by atoms with Crippen molar-refractivity contribution in [1.29, 1.82) is 0 Å². The second kappa shape index (κ2) is 7.25. The summed E-state index contributed by atoms with van der Waals surface area (Å²) in [7, 11) is -4.09. The van der Waals surface area contributed by atoms with Gasteiger partial charge in [-0.25, -0.2) is 17.2 Å². The van der Waals surface area contributed by atoms with Crippen LogP contribution < -0.4 is 0 Å². The Hall–Kier alpha value is -1.91. The molecule has 0 unspecified atom stereocenters. The van der Waals surface area contributed by atoms with Crippen molar-refractivity contribution < 1.29 is 21.7 Å². The number of halogens is 2. The van der Waals surface area contributed by atoms with Gasteiger partial charge in [-0.1, -0.05) is 25.9 Å². The van der Waals surface area contributed by atoms with Crippen LogP contribution in [0.2, 0.25) is 0 Å². The summed E-state index contributed by atoms with van der Waals surface area (Å²) in [4.78, 5) is 5.71. The van der Waals surface area contributed by atoms with Crippen LogP contribution in [0.1, 0.15) is 32.5 Å². The zero-order valence-corrected chi connectivity index (χ0v) is 16.3. The van der Waals surface area contributed by atoms with Gasteiger partial charge in [-0.05, 0) is 18.2 Å². The number of sulfonamides is 1. The maximum Gasteiger partial charge on any atom is 0.246 e. The van der Waals surface area contributed by atoms with Gasteiger partial charge in [0.2, 0.25) is 15.9 Å². The molecule has 0 spiro atoms. The van der Waals surface area contributed by atoms with Gasteiger partial charge >= 0.3 is 0 Å². The summed E-state index contributed by atoms with van der Waals surface area (Å²) in [6, 6.07) is 2.42. The van der Waals surface area contributed by atoms with Crippen molar-refractivity contribution in [2.45, 2.75) is 37.6 Å². The van der Waals surface area contributed by atoms with Crippen molar-refractivity contribution in [1.82, 2.24) is 19.3 Å². The zero-order chi connectivity index (χ0) is 19.8. The van der Waals surface area contributed by atoms with E-state index in [-0.39, 0.29) is 18.5 Å². The monoisotopic (exact) mass is 400 g/mol. The molecule has 1 aromatic heterocycles. The van der Waals surface area contributed by atoms with Crippen LogP contribution >= 0.6 is 0 Å². The standard InChI is InChI=1S/C17H22F2N4O3S/c1-17(2,3)16-20-15(26-21-16)11-22-6-8-23(9-7-22)27(24,25)14-10-12(18)4-5-13(14)19/h4-5,10H,6-9,11H2,1-3H3. The SMILES string of the molecule is CC(C)(C)c1noc(CN2CCN(S(=O)(=O)c3cc(F)ccc3F)CC2)n1. The molecule has 148 valence electrons. The number of rotatable bonds is 4. The minimum atomic E-state index is -4.09. The zero-order valence-electron chi connectivity index (χ0n) is 15.4. The van der Waals surface area contributed by atoms with Crippen LogP contribution in [0.15, 0.2) is 27.6 Å². The molecule has 1 aliphatic rings. The van der Waals surface area contributed by atoms with Crippen molar-refractivity contribution in [2.75, 3.05) is 26.2 Å². The van der Waals surface area contributed by atoms with Crippen molar-refractivity contribution >= 4 is 10.0 Å². The average molecular weight is 400 g/mol. The number of nitrogens with zero attached hydrogens (tertiary/aromatic N) is 4. The molecule has 3 rings (SSSR count). The van der Waals surface area contributed by atoms with E-state index in [1.807, 2.05) is 25.7 Å². The second-order valence-corrected chi connectivity index (χ2v) is 9.42. The molecule has 2 heterocycles. The maximum atomic E-state index is 13.9. The van der Waals surface area contributed by atoms with E-state index in [1.165, 1.54) is 0 Å². The Morgan fingerprint density at radius 3 is 2.41 bits per heavy atom. The molecule has 0 amide bonds. The van der Waals surface area contributed by atoms with Gasteiger partial charge in [-0.2, -0.15) is 9.29 Å². The highest BCUT2D eigenvalue weighted by molar-refractivity contribution is 7.89. The van der Waals surface area contributed by atoms with E-state index >= 15 is 0 Å². The van der Waals surface area contributed by atoms with Crippen LogP contribution in [0.3, 0.4) is 0 Å². The van der Waals surface area contributed by atoms with Crippen molar-refractivity contribution in [3.8, 4) is 0 Å². The largest absolute Gasteiger partial charge is 0.338 e. The number of benzene rings is 1. The average Bonchev–Trinajstić information content (AvgIpc) is 3.06. The van der Waals surface area contributed by atoms with E-state index in [4.69, 9.17) is 4.52 Å². The van der Waals surface area contributed by atoms with E-state index in [0.29, 0.717) is 37.4 Å². The topological polar surface area (TPSA) is 79.5 Å². The highest BCUT2D eigenvalue weighted by Crippen LogP contribution is 2.23. The summed E-state index contributed by atoms with van der Waals surface area (Å²) in [6.07, 6.45) is 0. The summed E-state index contributed by atoms with van der Waals surface area (Å²) in [6.45, 7) is 7.53. The van der Waals surface area contributed by atoms with Crippen LogP contribution in [-0.4, -0.2) is 53.9 Å². The molecule has 2 aromatic rings. The first-order valence-electron chi connectivity index (χ1n) is 8.58. The van der Waals surface area contributed by atoms with Gasteiger partial charge in [0.05, 0.1) is 6.54 Å². The summed E-state index contributed by atoms with van der Waals surface area (Å²) in [5, 5.41) is 3.97. The molecule has 7 nitrogen and oxygen atoms in total. The second-order valence-electron chi connectivity index (χ2n) is 7.52. The van der Waals surface area contributed by atoms with Crippen LogP contribution in [0.4, 0.5) is 8.78 Å². The molecule has 0 bridgehead atoms. The fourth-order valence-electron chi connectivity index (χ4n) is 2.76. The van der Waals surface area contributed by atoms with Gasteiger partial charge in [-0.15, -0.1) is 0 Å². The molecule has 0 saturated carbocycles. The first-order chi connectivity index (χ1) is 12.6. The summed E-state index contributed by atoms with van der Waals surface area (Å²) in [5.74, 6) is -0.674.